The van der Waals surface area contributed by atoms with Gasteiger partial charge in [-0.15, -0.1) is 0 Å². The van der Waals surface area contributed by atoms with Crippen LogP contribution in [0.4, 0.5) is 0 Å². The zero-order valence-corrected chi connectivity index (χ0v) is 13.8. The number of rotatable bonds is 8. The summed E-state index contributed by atoms with van der Waals surface area (Å²) in [5, 5.41) is 3.10. The summed E-state index contributed by atoms with van der Waals surface area (Å²) in [6.07, 6.45) is 10.5. The minimum atomic E-state index is -0.396. The van der Waals surface area contributed by atoms with E-state index in [9.17, 15) is 4.79 Å². The van der Waals surface area contributed by atoms with Gasteiger partial charge >= 0.3 is 0 Å². The van der Waals surface area contributed by atoms with Crippen molar-refractivity contribution in [2.45, 2.75) is 65.5 Å². The Morgan fingerprint density at radius 1 is 1.38 bits per heavy atom. The van der Waals surface area contributed by atoms with Crippen molar-refractivity contribution >= 4 is 11.6 Å². The van der Waals surface area contributed by atoms with Gasteiger partial charge in [-0.2, -0.15) is 0 Å². The Morgan fingerprint density at radius 3 is 2.62 bits per heavy atom. The van der Waals surface area contributed by atoms with Crippen molar-refractivity contribution < 1.29 is 4.79 Å². The first kappa shape index (κ1) is 17.4. The Morgan fingerprint density at radius 2 is 2.10 bits per heavy atom. The zero-order chi connectivity index (χ0) is 15.9. The van der Waals surface area contributed by atoms with Crippen LogP contribution in [0.2, 0.25) is 0 Å². The molecule has 0 aliphatic carbocycles. The number of carbonyl (C=O) groups excluding carboxylic acids is 1. The number of allylic oxidation sites excluding steroid dienone is 4. The monoisotopic (exact) mass is 288 g/mol. The number of aliphatic imine (C=N–C) groups is 1. The Hall–Kier alpha value is -1.64. The summed E-state index contributed by atoms with van der Waals surface area (Å²) in [6.45, 7) is 12.0. The van der Waals surface area contributed by atoms with Gasteiger partial charge in [-0.3, -0.25) is 9.79 Å². The van der Waals surface area contributed by atoms with Crippen LogP contribution >= 0.6 is 0 Å². The minimum absolute atomic E-state index is 0.0348. The molecule has 1 N–H and O–H groups in total. The largest absolute Gasteiger partial charge is 0.326 e. The van der Waals surface area contributed by atoms with E-state index < -0.39 is 5.66 Å². The molecule has 1 rings (SSSR count). The summed E-state index contributed by atoms with van der Waals surface area (Å²) in [7, 11) is 0. The number of nitrogens with zero attached hydrogens (tertiary/aromatic N) is 1. The lowest BCUT2D eigenvalue weighted by atomic mass is 10.0. The van der Waals surface area contributed by atoms with Crippen LogP contribution in [0.1, 0.15) is 59.8 Å². The topological polar surface area (TPSA) is 41.5 Å². The van der Waals surface area contributed by atoms with E-state index in [1.807, 2.05) is 19.1 Å². The van der Waals surface area contributed by atoms with Gasteiger partial charge in [0, 0.05) is 0 Å². The summed E-state index contributed by atoms with van der Waals surface area (Å²) < 4.78 is 0. The van der Waals surface area contributed by atoms with E-state index in [4.69, 9.17) is 4.99 Å². The second kappa shape index (κ2) is 7.96. The van der Waals surface area contributed by atoms with Crippen molar-refractivity contribution in [3.8, 4) is 0 Å². The fraction of sp³-hybridized carbons (Fsp3) is 0.556. The van der Waals surface area contributed by atoms with Gasteiger partial charge in [0.05, 0.1) is 0 Å². The third-order valence-electron chi connectivity index (χ3n) is 3.88. The molecule has 1 unspecified atom stereocenters. The average Bonchev–Trinajstić information content (AvgIpc) is 2.80. The highest BCUT2D eigenvalue weighted by atomic mass is 16.2. The maximum absolute atomic E-state index is 12.3. The highest BCUT2D eigenvalue weighted by molar-refractivity contribution is 6.46. The van der Waals surface area contributed by atoms with Crippen LogP contribution in [0.15, 0.2) is 40.9 Å². The van der Waals surface area contributed by atoms with Gasteiger partial charge in [-0.1, -0.05) is 57.6 Å². The predicted molar refractivity (Wildman–Crippen MR) is 90.5 cm³/mol. The lowest BCUT2D eigenvalue weighted by molar-refractivity contribution is -0.115. The van der Waals surface area contributed by atoms with Crippen LogP contribution in [-0.4, -0.2) is 17.3 Å². The van der Waals surface area contributed by atoms with Crippen molar-refractivity contribution in [1.82, 2.24) is 5.32 Å². The quantitative estimate of drug-likeness (QED) is 0.664. The van der Waals surface area contributed by atoms with E-state index in [0.29, 0.717) is 5.71 Å². The molecule has 0 aromatic carbocycles. The Bertz CT molecular complexity index is 485. The average molecular weight is 288 g/mol. The lowest BCUT2D eigenvalue weighted by Crippen LogP contribution is -2.42. The van der Waals surface area contributed by atoms with Crippen LogP contribution < -0.4 is 5.32 Å². The lowest BCUT2D eigenvalue weighted by Gasteiger charge is -2.24. The standard InChI is InChI=1S/C18H28N2O/c1-6-10-12-18(9-4)19-16(17(21)20-18)15(8-3)13-14(5)11-7-2/h7,11,13H,2,6,8-10,12H2,1,3-5H3,(H,20,21)/b14-11-,15-13+. The molecule has 21 heavy (non-hydrogen) atoms. The Labute approximate surface area is 128 Å². The summed E-state index contributed by atoms with van der Waals surface area (Å²) >= 11 is 0. The second-order valence-corrected chi connectivity index (χ2v) is 5.57. The van der Waals surface area contributed by atoms with Gasteiger partial charge < -0.3 is 5.32 Å². The normalized spacial score (nSPS) is 23.0. The third kappa shape index (κ3) is 4.42. The van der Waals surface area contributed by atoms with Crippen molar-refractivity contribution in [1.29, 1.82) is 0 Å². The number of hydrogen-bond acceptors (Lipinski definition) is 2. The van der Waals surface area contributed by atoms with Crippen LogP contribution in [0.25, 0.3) is 0 Å². The van der Waals surface area contributed by atoms with E-state index in [1.54, 1.807) is 6.08 Å². The number of hydrogen-bond donors (Lipinski definition) is 1. The SMILES string of the molecule is C=C/C=C(C)\C=C(/CC)C1=NC(CC)(CCCC)NC1=O. The van der Waals surface area contributed by atoms with Gasteiger partial charge in [0.15, 0.2) is 0 Å². The van der Waals surface area contributed by atoms with E-state index in [-0.39, 0.29) is 5.91 Å². The predicted octanol–water partition coefficient (Wildman–Crippen LogP) is 4.32. The molecule has 1 amide bonds. The summed E-state index contributed by atoms with van der Waals surface area (Å²) in [4.78, 5) is 17.1. The minimum Gasteiger partial charge on any atom is -0.326 e. The molecule has 3 nitrogen and oxygen atoms in total. The molecule has 116 valence electrons. The molecule has 1 aliphatic rings. The second-order valence-electron chi connectivity index (χ2n) is 5.57. The van der Waals surface area contributed by atoms with Crippen molar-refractivity contribution in [3.63, 3.8) is 0 Å². The van der Waals surface area contributed by atoms with E-state index >= 15 is 0 Å². The number of carbonyl (C=O) groups is 1. The highest BCUT2D eigenvalue weighted by Gasteiger charge is 2.37. The maximum Gasteiger partial charge on any atom is 0.271 e. The molecule has 0 spiro atoms. The van der Waals surface area contributed by atoms with E-state index in [0.717, 1.165) is 43.3 Å². The molecule has 3 heteroatoms. The summed E-state index contributed by atoms with van der Waals surface area (Å²) in [5.74, 6) is -0.0348. The Balaban J connectivity index is 3.11. The van der Waals surface area contributed by atoms with Crippen molar-refractivity contribution in [3.05, 3.63) is 36.0 Å². The number of nitrogens with one attached hydrogen (secondary N) is 1. The molecule has 0 saturated heterocycles. The van der Waals surface area contributed by atoms with Crippen LogP contribution in [0.3, 0.4) is 0 Å². The first-order valence-electron chi connectivity index (χ1n) is 7.94. The molecule has 1 aliphatic heterocycles. The molecule has 0 saturated carbocycles. The molecule has 0 aromatic heterocycles. The Kier molecular flexibility index (Phi) is 6.60. The van der Waals surface area contributed by atoms with Gasteiger partial charge in [0.1, 0.15) is 11.4 Å². The number of unbranched alkanes of at least 4 members (excludes halogenated alkanes) is 1. The van der Waals surface area contributed by atoms with Crippen LogP contribution in [-0.2, 0) is 4.79 Å². The van der Waals surface area contributed by atoms with Gasteiger partial charge in [-0.25, -0.2) is 0 Å². The van der Waals surface area contributed by atoms with Gasteiger partial charge in [-0.05, 0) is 38.2 Å². The fourth-order valence-electron chi connectivity index (χ4n) is 2.56. The fourth-order valence-corrected chi connectivity index (χ4v) is 2.56. The van der Waals surface area contributed by atoms with Crippen molar-refractivity contribution in [2.75, 3.05) is 0 Å². The smallest absolute Gasteiger partial charge is 0.271 e. The number of amides is 1. The molecule has 0 radical (unpaired) electrons. The first-order valence-corrected chi connectivity index (χ1v) is 7.94. The summed E-state index contributed by atoms with van der Waals surface area (Å²) in [6, 6.07) is 0. The summed E-state index contributed by atoms with van der Waals surface area (Å²) in [5.41, 5.74) is 2.29. The molecule has 0 aromatic rings. The molecule has 1 heterocycles. The van der Waals surface area contributed by atoms with Crippen LogP contribution in [0, 0.1) is 0 Å². The zero-order valence-electron chi connectivity index (χ0n) is 13.8. The maximum atomic E-state index is 12.3. The molecular formula is C18H28N2O. The van der Waals surface area contributed by atoms with E-state index in [1.165, 1.54) is 0 Å². The van der Waals surface area contributed by atoms with Gasteiger partial charge in [0.25, 0.3) is 5.91 Å². The van der Waals surface area contributed by atoms with Gasteiger partial charge in [0.2, 0.25) is 0 Å². The highest BCUT2D eigenvalue weighted by Crippen LogP contribution is 2.27. The van der Waals surface area contributed by atoms with Crippen molar-refractivity contribution in [2.24, 2.45) is 4.99 Å². The molecule has 0 fully saturated rings. The first-order chi connectivity index (χ1) is 10.0. The molecule has 1 atom stereocenters. The third-order valence-corrected chi connectivity index (χ3v) is 3.88. The van der Waals surface area contributed by atoms with E-state index in [2.05, 4.69) is 32.7 Å². The van der Waals surface area contributed by atoms with Crippen LogP contribution in [0.5, 0.6) is 0 Å². The molecule has 0 bridgehead atoms. The molecular weight excluding hydrogens is 260 g/mol.